The molecular formula is C31H30BrClN8O5S4. The minimum absolute atomic E-state index is 0.0198. The van der Waals surface area contributed by atoms with E-state index in [0.29, 0.717) is 5.02 Å². The first-order valence-electron chi connectivity index (χ1n) is 15.3. The molecular weight excluding hydrogens is 808 g/mol. The number of aryl methyl sites for hydroxylation is 1. The van der Waals surface area contributed by atoms with E-state index in [2.05, 4.69) is 49.0 Å². The highest BCUT2D eigenvalue weighted by Gasteiger charge is 2.32. The van der Waals surface area contributed by atoms with Crippen LogP contribution in [0.2, 0.25) is 5.02 Å². The summed E-state index contributed by atoms with van der Waals surface area (Å²) in [5.74, 6) is 0.167. The largest absolute Gasteiger partial charge is 0.371 e. The summed E-state index contributed by atoms with van der Waals surface area (Å²) in [6.45, 7) is 2.23. The molecule has 0 spiro atoms. The lowest BCUT2D eigenvalue weighted by Crippen LogP contribution is -2.44. The quantitative estimate of drug-likeness (QED) is 0.181. The van der Waals surface area contributed by atoms with Crippen molar-refractivity contribution in [1.82, 2.24) is 18.7 Å². The summed E-state index contributed by atoms with van der Waals surface area (Å²) < 4.78 is 61.8. The van der Waals surface area contributed by atoms with Crippen LogP contribution in [0.1, 0.15) is 24.8 Å². The number of rotatable bonds is 8. The van der Waals surface area contributed by atoms with Gasteiger partial charge in [0, 0.05) is 69.5 Å². The Labute approximate surface area is 311 Å². The van der Waals surface area contributed by atoms with Crippen molar-refractivity contribution in [3.63, 3.8) is 0 Å². The monoisotopic (exact) mass is 836 g/mol. The summed E-state index contributed by atoms with van der Waals surface area (Å²) in [5, 5.41) is 1.19. The smallest absolute Gasteiger partial charge is 0.263 e. The maximum Gasteiger partial charge on any atom is 0.263 e. The Hall–Kier alpha value is -3.68. The first-order valence-corrected chi connectivity index (χ1v) is 21.0. The second kappa shape index (κ2) is 15.7. The molecule has 2 aliphatic heterocycles. The third-order valence-electron chi connectivity index (χ3n) is 8.07. The van der Waals surface area contributed by atoms with E-state index in [1.165, 1.54) is 24.8 Å². The molecule has 1 amide bonds. The van der Waals surface area contributed by atoms with Crippen molar-refractivity contribution in [2.24, 2.45) is 5.92 Å². The van der Waals surface area contributed by atoms with E-state index >= 15 is 0 Å². The summed E-state index contributed by atoms with van der Waals surface area (Å²) in [5.41, 5.74) is 3.07. The summed E-state index contributed by atoms with van der Waals surface area (Å²) in [4.78, 5) is 25.4. The van der Waals surface area contributed by atoms with E-state index in [0.717, 1.165) is 89.8 Å². The van der Waals surface area contributed by atoms with Gasteiger partial charge in [0.1, 0.15) is 12.7 Å². The maximum absolute atomic E-state index is 13.3. The van der Waals surface area contributed by atoms with Crippen molar-refractivity contribution in [3.05, 3.63) is 94.4 Å². The van der Waals surface area contributed by atoms with Crippen LogP contribution in [0.3, 0.4) is 0 Å². The number of anilines is 4. The zero-order valence-corrected chi connectivity index (χ0v) is 31.8. The molecule has 0 saturated carbocycles. The number of carbonyl (C=O) groups excluding carboxylic acids is 1. The maximum atomic E-state index is 13.3. The molecule has 1 fully saturated rings. The van der Waals surface area contributed by atoms with Gasteiger partial charge in [-0.1, -0.05) is 27.5 Å². The molecule has 262 valence electrons. The number of halogens is 2. The first-order chi connectivity index (χ1) is 24.0. The number of piperidine rings is 1. The number of hydrogen-bond acceptors (Lipinski definition) is 12. The predicted octanol–water partition coefficient (Wildman–Crippen LogP) is 6.29. The van der Waals surface area contributed by atoms with Crippen molar-refractivity contribution in [2.45, 2.75) is 35.5 Å². The van der Waals surface area contributed by atoms with Crippen LogP contribution in [0.25, 0.3) is 0 Å². The number of nitrogens with one attached hydrogen (secondary N) is 2. The van der Waals surface area contributed by atoms with Gasteiger partial charge in [0.25, 0.3) is 20.0 Å². The summed E-state index contributed by atoms with van der Waals surface area (Å²) >= 11 is 11.4. The van der Waals surface area contributed by atoms with E-state index < -0.39 is 20.0 Å². The second-order valence-corrected chi connectivity index (χ2v) is 17.6. The zero-order chi connectivity index (χ0) is 35.3. The molecule has 0 unspecified atom stereocenters. The Balaban J connectivity index is 0.000000226. The highest BCUT2D eigenvalue weighted by atomic mass is 79.9. The van der Waals surface area contributed by atoms with Crippen molar-refractivity contribution in [2.75, 3.05) is 38.9 Å². The fraction of sp³-hybridized carbons (Fsp3) is 0.258. The lowest BCUT2D eigenvalue weighted by molar-refractivity contribution is -0.123. The molecule has 1 saturated heterocycles. The SMILES string of the molecule is O=C(C1CCN(c2ccc(S(=O)(=O)Nc3ncns3)cc2)CC1)N1CCCc2cc(Cl)ccc21.O=S(=O)(Nc1ncns1)c1ccc(Br)cc1. The third kappa shape index (κ3) is 8.78. The Morgan fingerprint density at radius 3 is 1.90 bits per heavy atom. The molecule has 5 aromatic rings. The van der Waals surface area contributed by atoms with E-state index in [9.17, 15) is 21.6 Å². The van der Waals surface area contributed by atoms with Gasteiger partial charge in [-0.25, -0.2) is 26.8 Å². The Kier molecular flexibility index (Phi) is 11.3. The van der Waals surface area contributed by atoms with Gasteiger partial charge in [-0.05, 0) is 98.0 Å². The number of hydrogen-bond donors (Lipinski definition) is 2. The van der Waals surface area contributed by atoms with Gasteiger partial charge in [-0.3, -0.25) is 14.2 Å². The summed E-state index contributed by atoms with van der Waals surface area (Å²) in [6, 6.07) is 18.9. The van der Waals surface area contributed by atoms with Crippen molar-refractivity contribution in [3.8, 4) is 0 Å². The minimum Gasteiger partial charge on any atom is -0.371 e. The lowest BCUT2D eigenvalue weighted by Gasteiger charge is -2.37. The number of fused-ring (bicyclic) bond motifs is 1. The third-order valence-corrected chi connectivity index (χ3v) is 13.0. The van der Waals surface area contributed by atoms with E-state index in [-0.39, 0.29) is 31.9 Å². The highest BCUT2D eigenvalue weighted by Crippen LogP contribution is 2.33. The number of sulfonamides is 2. The predicted molar refractivity (Wildman–Crippen MR) is 199 cm³/mol. The molecule has 2 aromatic heterocycles. The molecule has 0 atom stereocenters. The van der Waals surface area contributed by atoms with Crippen LogP contribution < -0.4 is 19.2 Å². The van der Waals surface area contributed by atoms with Gasteiger partial charge in [0.05, 0.1) is 9.79 Å². The van der Waals surface area contributed by atoms with E-state index in [4.69, 9.17) is 11.6 Å². The fourth-order valence-corrected chi connectivity index (χ4v) is 9.42. The molecule has 19 heteroatoms. The second-order valence-electron chi connectivity index (χ2n) is 11.3. The molecule has 0 bridgehead atoms. The molecule has 50 heavy (non-hydrogen) atoms. The summed E-state index contributed by atoms with van der Waals surface area (Å²) in [7, 11) is -7.27. The van der Waals surface area contributed by atoms with Crippen molar-refractivity contribution in [1.29, 1.82) is 0 Å². The highest BCUT2D eigenvalue weighted by molar-refractivity contribution is 9.10. The molecule has 0 aliphatic carbocycles. The zero-order valence-electron chi connectivity index (χ0n) is 26.1. The van der Waals surface area contributed by atoms with Crippen LogP contribution in [0, 0.1) is 5.92 Å². The van der Waals surface area contributed by atoms with Gasteiger partial charge in [-0.15, -0.1) is 0 Å². The molecule has 4 heterocycles. The average Bonchev–Trinajstić information content (AvgIpc) is 3.82. The topological polar surface area (TPSA) is 167 Å². The molecule has 3 aromatic carbocycles. The van der Waals surface area contributed by atoms with Crippen LogP contribution in [0.5, 0.6) is 0 Å². The molecule has 13 nitrogen and oxygen atoms in total. The Morgan fingerprint density at radius 1 is 0.800 bits per heavy atom. The Morgan fingerprint density at radius 2 is 1.36 bits per heavy atom. The van der Waals surface area contributed by atoms with Crippen molar-refractivity contribution < 1.29 is 21.6 Å². The van der Waals surface area contributed by atoms with Gasteiger partial charge in [0.2, 0.25) is 16.2 Å². The van der Waals surface area contributed by atoms with Crippen LogP contribution in [-0.2, 0) is 31.3 Å². The van der Waals surface area contributed by atoms with E-state index in [1.54, 1.807) is 36.4 Å². The number of carbonyl (C=O) groups is 1. The number of aromatic nitrogens is 4. The molecule has 7 rings (SSSR count). The van der Waals surface area contributed by atoms with Crippen LogP contribution in [0.15, 0.2) is 93.6 Å². The average molecular weight is 838 g/mol. The molecule has 0 radical (unpaired) electrons. The molecule has 2 N–H and O–H groups in total. The van der Waals surface area contributed by atoms with E-state index in [1.807, 2.05) is 23.1 Å². The van der Waals surface area contributed by atoms with Crippen LogP contribution in [0.4, 0.5) is 21.6 Å². The lowest BCUT2D eigenvalue weighted by atomic mass is 9.93. The Bertz CT molecular complexity index is 2130. The number of benzene rings is 3. The van der Waals surface area contributed by atoms with Gasteiger partial charge in [-0.2, -0.15) is 8.75 Å². The minimum atomic E-state index is -3.71. The number of nitrogens with zero attached hydrogens (tertiary/aromatic N) is 6. The van der Waals surface area contributed by atoms with Crippen LogP contribution >= 0.6 is 50.6 Å². The summed E-state index contributed by atoms with van der Waals surface area (Å²) in [6.07, 6.45) is 6.01. The first kappa shape index (κ1) is 36.1. The fourth-order valence-electron chi connectivity index (χ4n) is 5.63. The number of amides is 1. The standard InChI is InChI=1S/C23H24ClN5O3S2.C8H6BrN3O2S2/c24-18-3-8-21-17(14-18)2-1-11-29(21)22(30)16-9-12-28(13-10-16)19-4-6-20(7-5-19)34(31,32)27-23-25-15-26-33-23;9-6-1-3-7(4-2-6)16(13,14)12-8-10-5-11-15-8/h3-8,14-16H,1-2,9-13H2,(H,25,26,27);1-5H,(H,10,11,12). The van der Waals surface area contributed by atoms with Gasteiger partial charge in [0.15, 0.2) is 0 Å². The molecule has 2 aliphatic rings. The van der Waals surface area contributed by atoms with Crippen LogP contribution in [-0.4, -0.2) is 61.1 Å². The van der Waals surface area contributed by atoms with Crippen molar-refractivity contribution >= 4 is 98.2 Å². The van der Waals surface area contributed by atoms with Gasteiger partial charge >= 0.3 is 0 Å². The normalized spacial score (nSPS) is 15.1. The van der Waals surface area contributed by atoms with Gasteiger partial charge < -0.3 is 9.80 Å².